The molecule has 3 heterocycles. The largest absolute Gasteiger partial charge is 0.494 e. The van der Waals surface area contributed by atoms with Crippen LogP contribution in [-0.4, -0.2) is 38.7 Å². The van der Waals surface area contributed by atoms with Crippen molar-refractivity contribution in [2.24, 2.45) is 0 Å². The van der Waals surface area contributed by atoms with Gasteiger partial charge in [-0.2, -0.15) is 10.4 Å². The van der Waals surface area contributed by atoms with Crippen molar-refractivity contribution in [1.29, 1.82) is 5.26 Å². The van der Waals surface area contributed by atoms with Crippen molar-refractivity contribution >= 4 is 10.9 Å². The van der Waals surface area contributed by atoms with Crippen LogP contribution in [0.25, 0.3) is 27.8 Å². The third-order valence-corrected chi connectivity index (χ3v) is 4.76. The van der Waals surface area contributed by atoms with Crippen LogP contribution < -0.4 is 9.47 Å². The zero-order valence-electron chi connectivity index (χ0n) is 16.2. The molecule has 1 aromatic carbocycles. The molecule has 1 N–H and O–H groups in total. The highest BCUT2D eigenvalue weighted by Gasteiger charge is 2.17. The zero-order chi connectivity index (χ0) is 20.5. The van der Waals surface area contributed by atoms with E-state index in [1.54, 1.807) is 37.4 Å². The molecule has 0 amide bonds. The first-order valence-electron chi connectivity index (χ1n) is 8.89. The number of nitriles is 1. The van der Waals surface area contributed by atoms with Crippen LogP contribution in [-0.2, 0) is 6.54 Å². The summed E-state index contributed by atoms with van der Waals surface area (Å²) in [6.45, 7) is 2.07. The Morgan fingerprint density at radius 1 is 1.14 bits per heavy atom. The fraction of sp³-hybridized carbons (Fsp3) is 0.190. The van der Waals surface area contributed by atoms with Gasteiger partial charge in [0.25, 0.3) is 0 Å². The van der Waals surface area contributed by atoms with Gasteiger partial charge in [-0.05, 0) is 36.8 Å². The lowest BCUT2D eigenvalue weighted by atomic mass is 10.1. The van der Waals surface area contributed by atoms with Crippen molar-refractivity contribution in [2.75, 3.05) is 14.2 Å². The molecule has 29 heavy (non-hydrogen) atoms. The Balaban J connectivity index is 1.82. The molecule has 0 spiro atoms. The normalized spacial score (nSPS) is 10.8. The SMILES string of the molecule is COc1ccc(-c2cc(C)c3c(O)n(-c4cnn(CC#N)c4)cc3n2)cc1OC. The topological polar surface area (TPSA) is 98.1 Å². The molecule has 8 heteroatoms. The standard InChI is InChI=1S/C21H19N5O3/c1-13-8-16(14-4-5-18(28-2)19(9-14)29-3)24-17-12-26(21(27)20(13)17)15-10-23-25(11-15)7-6-22/h4-5,8-12,27H,7H2,1-3H3. The Morgan fingerprint density at radius 2 is 1.93 bits per heavy atom. The molecule has 4 rings (SSSR count). The molecular formula is C21H19N5O3. The van der Waals surface area contributed by atoms with Crippen LogP contribution in [0.4, 0.5) is 0 Å². The Bertz CT molecular complexity index is 1250. The van der Waals surface area contributed by atoms with E-state index in [9.17, 15) is 5.11 Å². The summed E-state index contributed by atoms with van der Waals surface area (Å²) in [7, 11) is 3.18. The summed E-state index contributed by atoms with van der Waals surface area (Å²) in [5.41, 5.74) is 3.83. The summed E-state index contributed by atoms with van der Waals surface area (Å²) in [5.74, 6) is 1.35. The Kier molecular flexibility index (Phi) is 4.56. The summed E-state index contributed by atoms with van der Waals surface area (Å²) in [6.07, 6.45) is 5.06. The maximum atomic E-state index is 10.8. The highest BCUT2D eigenvalue weighted by atomic mass is 16.5. The van der Waals surface area contributed by atoms with Gasteiger partial charge in [-0.3, -0.25) is 9.25 Å². The van der Waals surface area contributed by atoms with Crippen molar-refractivity contribution < 1.29 is 14.6 Å². The predicted molar refractivity (Wildman–Crippen MR) is 107 cm³/mol. The monoisotopic (exact) mass is 389 g/mol. The number of methoxy groups -OCH3 is 2. The number of aromatic nitrogens is 4. The highest BCUT2D eigenvalue weighted by molar-refractivity contribution is 5.90. The Morgan fingerprint density at radius 3 is 2.66 bits per heavy atom. The lowest BCUT2D eigenvalue weighted by Crippen LogP contribution is -1.94. The van der Waals surface area contributed by atoms with E-state index >= 15 is 0 Å². The number of benzene rings is 1. The van der Waals surface area contributed by atoms with E-state index in [0.29, 0.717) is 28.1 Å². The molecule has 8 nitrogen and oxygen atoms in total. The molecule has 146 valence electrons. The van der Waals surface area contributed by atoms with E-state index in [2.05, 4.69) is 5.10 Å². The van der Waals surface area contributed by atoms with Gasteiger partial charge >= 0.3 is 0 Å². The van der Waals surface area contributed by atoms with Gasteiger partial charge in [0.15, 0.2) is 11.5 Å². The van der Waals surface area contributed by atoms with Crippen LogP contribution in [0.2, 0.25) is 0 Å². The van der Waals surface area contributed by atoms with E-state index in [0.717, 1.165) is 16.8 Å². The van der Waals surface area contributed by atoms with Crippen LogP contribution >= 0.6 is 0 Å². The minimum absolute atomic E-state index is 0.0837. The molecule has 0 saturated carbocycles. The first-order valence-corrected chi connectivity index (χ1v) is 8.89. The fourth-order valence-corrected chi connectivity index (χ4v) is 3.36. The number of aromatic hydroxyl groups is 1. The van der Waals surface area contributed by atoms with E-state index < -0.39 is 0 Å². The second-order valence-corrected chi connectivity index (χ2v) is 6.53. The van der Waals surface area contributed by atoms with Crippen molar-refractivity contribution in [3.63, 3.8) is 0 Å². The predicted octanol–water partition coefficient (Wildman–Crippen LogP) is 3.44. The average Bonchev–Trinajstić information content (AvgIpc) is 3.32. The maximum absolute atomic E-state index is 10.8. The number of hydrogen-bond donors (Lipinski definition) is 1. The van der Waals surface area contributed by atoms with Crippen molar-refractivity contribution in [3.05, 3.63) is 48.4 Å². The molecule has 0 unspecified atom stereocenters. The lowest BCUT2D eigenvalue weighted by Gasteiger charge is -2.10. The first kappa shape index (κ1) is 18.4. The molecular weight excluding hydrogens is 370 g/mol. The van der Waals surface area contributed by atoms with E-state index in [1.165, 1.54) is 4.68 Å². The van der Waals surface area contributed by atoms with Gasteiger partial charge in [-0.25, -0.2) is 4.98 Å². The lowest BCUT2D eigenvalue weighted by molar-refractivity contribution is 0.355. The van der Waals surface area contributed by atoms with Gasteiger partial charge in [0, 0.05) is 11.8 Å². The number of nitrogens with zero attached hydrogens (tertiary/aromatic N) is 5. The first-order chi connectivity index (χ1) is 14.0. The molecule has 3 aromatic heterocycles. The van der Waals surface area contributed by atoms with E-state index in [1.807, 2.05) is 37.3 Å². The van der Waals surface area contributed by atoms with Gasteiger partial charge in [-0.1, -0.05) is 0 Å². The molecule has 4 aromatic rings. The van der Waals surface area contributed by atoms with Crippen molar-refractivity contribution in [2.45, 2.75) is 13.5 Å². The highest BCUT2D eigenvalue weighted by Crippen LogP contribution is 2.36. The molecule has 0 aliphatic heterocycles. The average molecular weight is 389 g/mol. The molecule has 0 saturated heterocycles. The van der Waals surface area contributed by atoms with Gasteiger partial charge < -0.3 is 14.6 Å². The number of pyridine rings is 1. The fourth-order valence-electron chi connectivity index (χ4n) is 3.36. The minimum Gasteiger partial charge on any atom is -0.494 e. The second-order valence-electron chi connectivity index (χ2n) is 6.53. The third kappa shape index (κ3) is 3.12. The smallest absolute Gasteiger partial charge is 0.205 e. The van der Waals surface area contributed by atoms with Gasteiger partial charge in [0.05, 0.1) is 55.0 Å². The summed E-state index contributed by atoms with van der Waals surface area (Å²) in [6, 6.07) is 9.58. The van der Waals surface area contributed by atoms with Gasteiger partial charge in [-0.15, -0.1) is 0 Å². The zero-order valence-corrected chi connectivity index (χ0v) is 16.2. The molecule has 0 aliphatic carbocycles. The Labute approximate surface area is 167 Å². The number of hydrogen-bond acceptors (Lipinski definition) is 6. The summed E-state index contributed by atoms with van der Waals surface area (Å²) in [5, 5.41) is 24.4. The molecule has 0 aliphatic rings. The third-order valence-electron chi connectivity index (χ3n) is 4.76. The van der Waals surface area contributed by atoms with Crippen LogP contribution in [0.15, 0.2) is 42.9 Å². The van der Waals surface area contributed by atoms with Crippen LogP contribution in [0.5, 0.6) is 17.4 Å². The van der Waals surface area contributed by atoms with Crippen molar-refractivity contribution in [3.8, 4) is 40.4 Å². The molecule has 0 bridgehead atoms. The van der Waals surface area contributed by atoms with Crippen LogP contribution in [0.1, 0.15) is 5.56 Å². The summed E-state index contributed by atoms with van der Waals surface area (Å²) in [4.78, 5) is 4.73. The summed E-state index contributed by atoms with van der Waals surface area (Å²) >= 11 is 0. The molecule has 0 fully saturated rings. The quantitative estimate of drug-likeness (QED) is 0.561. The number of aryl methyl sites for hydroxylation is 1. The molecule has 0 radical (unpaired) electrons. The van der Waals surface area contributed by atoms with Gasteiger partial charge in [0.1, 0.15) is 6.54 Å². The van der Waals surface area contributed by atoms with Crippen LogP contribution in [0, 0.1) is 18.3 Å². The van der Waals surface area contributed by atoms with Crippen LogP contribution in [0.3, 0.4) is 0 Å². The second kappa shape index (κ2) is 7.20. The molecule has 0 atom stereocenters. The van der Waals surface area contributed by atoms with Gasteiger partial charge in [0.2, 0.25) is 5.88 Å². The minimum atomic E-state index is 0.0837. The number of fused-ring (bicyclic) bond motifs is 1. The maximum Gasteiger partial charge on any atom is 0.205 e. The van der Waals surface area contributed by atoms with E-state index in [4.69, 9.17) is 19.7 Å². The number of ether oxygens (including phenoxy) is 2. The van der Waals surface area contributed by atoms with Crippen molar-refractivity contribution in [1.82, 2.24) is 19.3 Å². The summed E-state index contributed by atoms with van der Waals surface area (Å²) < 4.78 is 13.8. The Hall–Kier alpha value is -3.99. The number of rotatable bonds is 5. The van der Waals surface area contributed by atoms with E-state index in [-0.39, 0.29) is 12.4 Å².